The third-order valence-electron chi connectivity index (χ3n) is 4.68. The molecule has 1 saturated heterocycles. The van der Waals surface area contributed by atoms with E-state index in [-0.39, 0.29) is 18.5 Å². The summed E-state index contributed by atoms with van der Waals surface area (Å²) in [6.45, 7) is 0.754. The number of carbonyl (C=O) groups is 1. The molecule has 150 valence electrons. The molecule has 1 fully saturated rings. The Morgan fingerprint density at radius 1 is 1.10 bits per heavy atom. The summed E-state index contributed by atoms with van der Waals surface area (Å²) in [6, 6.07) is 11.4. The molecule has 0 spiro atoms. The zero-order chi connectivity index (χ0) is 20.4. The first-order chi connectivity index (χ1) is 13.9. The van der Waals surface area contributed by atoms with E-state index in [2.05, 4.69) is 15.0 Å². The number of carbonyl (C=O) groups excluding carboxylic acids is 1. The lowest BCUT2D eigenvalue weighted by molar-refractivity contribution is -0.141. The highest BCUT2D eigenvalue weighted by Gasteiger charge is 2.33. The van der Waals surface area contributed by atoms with Crippen molar-refractivity contribution in [1.82, 2.24) is 19.9 Å². The first-order valence-corrected chi connectivity index (χ1v) is 9.12. The molecule has 1 unspecified atom stereocenters. The second kappa shape index (κ2) is 7.65. The van der Waals surface area contributed by atoms with Gasteiger partial charge in [-0.05, 0) is 31.0 Å². The Balaban J connectivity index is 1.47. The van der Waals surface area contributed by atoms with Crippen LogP contribution >= 0.6 is 0 Å². The number of benzene rings is 1. The van der Waals surface area contributed by atoms with Gasteiger partial charge in [-0.1, -0.05) is 24.3 Å². The number of piperidine rings is 1. The van der Waals surface area contributed by atoms with Gasteiger partial charge in [0.05, 0.1) is 12.1 Å². The fourth-order valence-corrected chi connectivity index (χ4v) is 3.27. The van der Waals surface area contributed by atoms with E-state index < -0.39 is 18.0 Å². The van der Waals surface area contributed by atoms with Gasteiger partial charge in [0, 0.05) is 18.1 Å². The highest BCUT2D eigenvalue weighted by molar-refractivity contribution is 5.95. The molecule has 29 heavy (non-hydrogen) atoms. The molecule has 1 atom stereocenters. The number of rotatable bonds is 3. The van der Waals surface area contributed by atoms with E-state index in [1.807, 2.05) is 30.3 Å². The summed E-state index contributed by atoms with van der Waals surface area (Å²) >= 11 is 0. The van der Waals surface area contributed by atoms with Gasteiger partial charge >= 0.3 is 12.2 Å². The molecule has 9 heteroatoms. The maximum absolute atomic E-state index is 12.9. The van der Waals surface area contributed by atoms with Crippen molar-refractivity contribution >= 4 is 16.8 Å². The van der Waals surface area contributed by atoms with Crippen molar-refractivity contribution < 1.29 is 22.7 Å². The van der Waals surface area contributed by atoms with E-state index in [1.165, 1.54) is 0 Å². The highest BCUT2D eigenvalue weighted by atomic mass is 19.4. The summed E-state index contributed by atoms with van der Waals surface area (Å²) in [7, 11) is 0. The minimum Gasteiger partial charge on any atom is -0.458 e. The van der Waals surface area contributed by atoms with E-state index >= 15 is 0 Å². The van der Waals surface area contributed by atoms with Crippen LogP contribution in [-0.2, 0) is 6.18 Å². The number of alkyl halides is 3. The van der Waals surface area contributed by atoms with Gasteiger partial charge in [0.1, 0.15) is 11.8 Å². The first kappa shape index (κ1) is 19.1. The molecule has 0 aliphatic carbocycles. The third kappa shape index (κ3) is 4.28. The number of fused-ring (bicyclic) bond motifs is 1. The molecular formula is C20H17F3N4O2. The van der Waals surface area contributed by atoms with Crippen molar-refractivity contribution in [1.29, 1.82) is 0 Å². The maximum Gasteiger partial charge on any atom is 0.433 e. The fourth-order valence-electron chi connectivity index (χ4n) is 3.27. The summed E-state index contributed by atoms with van der Waals surface area (Å²) < 4.78 is 44.0. The lowest BCUT2D eigenvalue weighted by Crippen LogP contribution is -2.44. The Morgan fingerprint density at radius 2 is 1.93 bits per heavy atom. The van der Waals surface area contributed by atoms with E-state index in [4.69, 9.17) is 4.74 Å². The van der Waals surface area contributed by atoms with Crippen LogP contribution in [0, 0.1) is 0 Å². The van der Waals surface area contributed by atoms with E-state index in [1.54, 1.807) is 11.0 Å². The van der Waals surface area contributed by atoms with Gasteiger partial charge < -0.3 is 9.64 Å². The number of likely N-dealkylation sites (tertiary alicyclic amines) is 1. The molecule has 1 aliphatic heterocycles. The molecule has 6 nitrogen and oxygen atoms in total. The Bertz CT molecular complexity index is 1040. The van der Waals surface area contributed by atoms with Crippen LogP contribution in [0.2, 0.25) is 0 Å². The van der Waals surface area contributed by atoms with Gasteiger partial charge in [-0.3, -0.25) is 4.79 Å². The minimum absolute atomic E-state index is 0.229. The van der Waals surface area contributed by atoms with Crippen molar-refractivity contribution in [3.8, 4) is 6.01 Å². The Hall–Kier alpha value is -3.23. The number of aromatic nitrogens is 3. The Kier molecular flexibility index (Phi) is 5.04. The average Bonchev–Trinajstić information content (AvgIpc) is 2.72. The first-order valence-electron chi connectivity index (χ1n) is 9.12. The number of nitrogens with zero attached hydrogens (tertiary/aromatic N) is 4. The fraction of sp³-hybridized carbons (Fsp3) is 0.300. The molecule has 0 saturated carbocycles. The predicted molar refractivity (Wildman–Crippen MR) is 98.3 cm³/mol. The van der Waals surface area contributed by atoms with Gasteiger partial charge in [-0.25, -0.2) is 9.97 Å². The summed E-state index contributed by atoms with van der Waals surface area (Å²) in [5.41, 5.74) is -0.0215. The standard InChI is InChI=1S/C20H17F3N4O2/c21-20(22,23)17-9-10-24-19(26-17)29-14-5-3-11-27(12-14)18(28)16-8-7-13-4-1-2-6-15(13)25-16/h1-2,4,6-10,14H,3,5,11-12H2. The lowest BCUT2D eigenvalue weighted by Gasteiger charge is -2.32. The van der Waals surface area contributed by atoms with Crippen molar-refractivity contribution in [2.75, 3.05) is 13.1 Å². The largest absolute Gasteiger partial charge is 0.458 e. The smallest absolute Gasteiger partial charge is 0.433 e. The van der Waals surface area contributed by atoms with Crippen molar-refractivity contribution in [2.45, 2.75) is 25.1 Å². The average molecular weight is 402 g/mol. The van der Waals surface area contributed by atoms with Crippen molar-refractivity contribution in [3.05, 3.63) is 60.0 Å². The van der Waals surface area contributed by atoms with Crippen LogP contribution in [0.3, 0.4) is 0 Å². The predicted octanol–water partition coefficient (Wildman–Crippen LogP) is 3.73. The van der Waals surface area contributed by atoms with Crippen LogP contribution < -0.4 is 4.74 Å². The zero-order valence-corrected chi connectivity index (χ0v) is 15.3. The number of para-hydroxylation sites is 1. The molecule has 1 aromatic carbocycles. The van der Waals surface area contributed by atoms with Gasteiger partial charge in [0.15, 0.2) is 5.69 Å². The summed E-state index contributed by atoms with van der Waals surface area (Å²) in [6.07, 6.45) is -2.80. The number of hydrogen-bond donors (Lipinski definition) is 0. The zero-order valence-electron chi connectivity index (χ0n) is 15.3. The second-order valence-electron chi connectivity index (χ2n) is 6.74. The van der Waals surface area contributed by atoms with Gasteiger partial charge in [0.2, 0.25) is 0 Å². The van der Waals surface area contributed by atoms with Crippen molar-refractivity contribution in [3.63, 3.8) is 0 Å². The molecule has 1 amide bonds. The molecule has 2 aromatic heterocycles. The normalized spacial score (nSPS) is 17.3. The highest BCUT2D eigenvalue weighted by Crippen LogP contribution is 2.28. The summed E-state index contributed by atoms with van der Waals surface area (Å²) in [5.74, 6) is -0.242. The van der Waals surface area contributed by atoms with Crippen LogP contribution in [-0.4, -0.2) is 45.0 Å². The number of halogens is 3. The third-order valence-corrected chi connectivity index (χ3v) is 4.68. The van der Waals surface area contributed by atoms with Crippen LogP contribution in [0.1, 0.15) is 29.0 Å². The van der Waals surface area contributed by atoms with Crippen LogP contribution in [0.25, 0.3) is 10.9 Å². The Labute approximate surface area is 164 Å². The summed E-state index contributed by atoms with van der Waals surface area (Å²) in [5, 5.41) is 0.936. The SMILES string of the molecule is O=C(c1ccc2ccccc2n1)N1CCCC(Oc2nccc(C(F)(F)F)n2)C1. The molecular weight excluding hydrogens is 385 g/mol. The lowest BCUT2D eigenvalue weighted by atomic mass is 10.1. The summed E-state index contributed by atoms with van der Waals surface area (Å²) in [4.78, 5) is 26.1. The van der Waals surface area contributed by atoms with Gasteiger partial charge in [-0.2, -0.15) is 18.2 Å². The van der Waals surface area contributed by atoms with Crippen LogP contribution in [0.4, 0.5) is 13.2 Å². The Morgan fingerprint density at radius 3 is 2.76 bits per heavy atom. The monoisotopic (exact) mass is 402 g/mol. The number of hydrogen-bond acceptors (Lipinski definition) is 5. The molecule has 4 rings (SSSR count). The number of pyridine rings is 1. The number of amides is 1. The van der Waals surface area contributed by atoms with Crippen LogP contribution in [0.15, 0.2) is 48.7 Å². The molecule has 3 heterocycles. The van der Waals surface area contributed by atoms with Gasteiger partial charge in [-0.15, -0.1) is 0 Å². The molecule has 0 radical (unpaired) electrons. The van der Waals surface area contributed by atoms with E-state index in [0.717, 1.165) is 23.2 Å². The quantitative estimate of drug-likeness (QED) is 0.668. The maximum atomic E-state index is 12.9. The van der Waals surface area contributed by atoms with Crippen LogP contribution in [0.5, 0.6) is 6.01 Å². The van der Waals surface area contributed by atoms with E-state index in [9.17, 15) is 18.0 Å². The second-order valence-corrected chi connectivity index (χ2v) is 6.74. The van der Waals surface area contributed by atoms with E-state index in [0.29, 0.717) is 25.1 Å². The minimum atomic E-state index is -4.57. The van der Waals surface area contributed by atoms with Gasteiger partial charge in [0.25, 0.3) is 5.91 Å². The number of ether oxygens (including phenoxy) is 1. The molecule has 0 N–H and O–H groups in total. The van der Waals surface area contributed by atoms with Crippen molar-refractivity contribution in [2.24, 2.45) is 0 Å². The molecule has 0 bridgehead atoms. The topological polar surface area (TPSA) is 68.2 Å². The molecule has 3 aromatic rings. The molecule has 1 aliphatic rings.